The van der Waals surface area contributed by atoms with Crippen molar-refractivity contribution in [3.63, 3.8) is 0 Å². The first-order valence-corrected chi connectivity index (χ1v) is 6.30. The topological polar surface area (TPSA) is 49.3 Å². The maximum atomic E-state index is 12.0. The molecule has 2 aromatic rings. The third-order valence-electron chi connectivity index (χ3n) is 2.86. The number of phenolic OH excluding ortho intramolecular Hbond substituents is 1. The number of carbonyl (C=O) groups is 1. The molecular formula is C15H14ClNO2. The molecule has 0 aliphatic rings. The lowest BCUT2D eigenvalue weighted by Gasteiger charge is -2.14. The van der Waals surface area contributed by atoms with Crippen LogP contribution in [0.1, 0.15) is 28.9 Å². The van der Waals surface area contributed by atoms with Crippen molar-refractivity contribution < 1.29 is 9.90 Å². The van der Waals surface area contributed by atoms with Gasteiger partial charge in [-0.2, -0.15) is 0 Å². The van der Waals surface area contributed by atoms with Gasteiger partial charge >= 0.3 is 0 Å². The summed E-state index contributed by atoms with van der Waals surface area (Å²) in [6, 6.07) is 14.0. The maximum absolute atomic E-state index is 12.0. The molecule has 0 aliphatic heterocycles. The van der Waals surface area contributed by atoms with Crippen LogP contribution in [-0.4, -0.2) is 11.0 Å². The van der Waals surface area contributed by atoms with Gasteiger partial charge in [-0.1, -0.05) is 41.9 Å². The number of nitrogens with one attached hydrogen (secondary N) is 1. The molecule has 0 saturated carbocycles. The molecule has 98 valence electrons. The first-order valence-electron chi connectivity index (χ1n) is 5.92. The zero-order valence-electron chi connectivity index (χ0n) is 10.4. The molecule has 0 aromatic heterocycles. The molecule has 0 saturated heterocycles. The highest BCUT2D eigenvalue weighted by Crippen LogP contribution is 2.24. The molecule has 0 heterocycles. The van der Waals surface area contributed by atoms with Gasteiger partial charge in [0.1, 0.15) is 5.75 Å². The van der Waals surface area contributed by atoms with E-state index < -0.39 is 0 Å². The second-order valence-electron chi connectivity index (χ2n) is 4.27. The van der Waals surface area contributed by atoms with Crippen molar-refractivity contribution in [2.45, 2.75) is 13.0 Å². The van der Waals surface area contributed by atoms with Crippen LogP contribution in [0.3, 0.4) is 0 Å². The Morgan fingerprint density at radius 2 is 1.89 bits per heavy atom. The fourth-order valence-corrected chi connectivity index (χ4v) is 1.93. The van der Waals surface area contributed by atoms with Gasteiger partial charge in [0.2, 0.25) is 0 Å². The number of aromatic hydroxyl groups is 1. The lowest BCUT2D eigenvalue weighted by molar-refractivity contribution is 0.0940. The van der Waals surface area contributed by atoms with Gasteiger partial charge in [-0.05, 0) is 30.7 Å². The maximum Gasteiger partial charge on any atom is 0.251 e. The monoisotopic (exact) mass is 275 g/mol. The zero-order chi connectivity index (χ0) is 13.8. The Balaban J connectivity index is 2.11. The minimum absolute atomic E-state index is 0.0330. The van der Waals surface area contributed by atoms with Gasteiger partial charge in [-0.3, -0.25) is 4.79 Å². The molecule has 0 fully saturated rings. The minimum atomic E-state index is -0.224. The number of hydrogen-bond donors (Lipinski definition) is 2. The van der Waals surface area contributed by atoms with Crippen molar-refractivity contribution >= 4 is 17.5 Å². The first-order chi connectivity index (χ1) is 9.08. The normalized spacial score (nSPS) is 11.9. The lowest BCUT2D eigenvalue weighted by Crippen LogP contribution is -2.26. The number of rotatable bonds is 3. The Morgan fingerprint density at radius 1 is 1.21 bits per heavy atom. The van der Waals surface area contributed by atoms with Crippen molar-refractivity contribution in [2.24, 2.45) is 0 Å². The highest BCUT2D eigenvalue weighted by atomic mass is 35.5. The number of amides is 1. The fraction of sp³-hybridized carbons (Fsp3) is 0.133. The average molecular weight is 276 g/mol. The Kier molecular flexibility index (Phi) is 4.07. The van der Waals surface area contributed by atoms with E-state index in [0.717, 1.165) is 5.56 Å². The summed E-state index contributed by atoms with van der Waals surface area (Å²) in [5.41, 5.74) is 1.45. The van der Waals surface area contributed by atoms with E-state index in [1.54, 1.807) is 0 Å². The van der Waals surface area contributed by atoms with Crippen molar-refractivity contribution in [1.82, 2.24) is 5.32 Å². The van der Waals surface area contributed by atoms with Gasteiger partial charge in [0.05, 0.1) is 11.1 Å². The molecular weight excluding hydrogens is 262 g/mol. The van der Waals surface area contributed by atoms with E-state index in [1.165, 1.54) is 18.2 Å². The third kappa shape index (κ3) is 3.26. The summed E-state index contributed by atoms with van der Waals surface area (Å²) >= 11 is 5.78. The standard InChI is InChI=1S/C15H14ClNO2/c1-10(11-5-3-2-4-6-11)17-15(19)12-7-8-14(18)13(16)9-12/h2-10,18H,1H3,(H,17,19)/t10-/m1/s1. The number of hydrogen-bond acceptors (Lipinski definition) is 2. The van der Waals surface area contributed by atoms with Crippen molar-refractivity contribution in [1.29, 1.82) is 0 Å². The smallest absolute Gasteiger partial charge is 0.251 e. The Labute approximate surface area is 116 Å². The third-order valence-corrected chi connectivity index (χ3v) is 3.16. The largest absolute Gasteiger partial charge is 0.506 e. The molecule has 19 heavy (non-hydrogen) atoms. The van der Waals surface area contributed by atoms with E-state index in [0.29, 0.717) is 5.56 Å². The van der Waals surface area contributed by atoms with E-state index >= 15 is 0 Å². The van der Waals surface area contributed by atoms with Crippen LogP contribution in [0.2, 0.25) is 5.02 Å². The number of phenols is 1. The molecule has 3 nitrogen and oxygen atoms in total. The molecule has 0 radical (unpaired) electrons. The fourth-order valence-electron chi connectivity index (χ4n) is 1.75. The van der Waals surface area contributed by atoms with Crippen molar-refractivity contribution in [3.8, 4) is 5.75 Å². The van der Waals surface area contributed by atoms with Crippen LogP contribution in [0.4, 0.5) is 0 Å². The van der Waals surface area contributed by atoms with Gasteiger partial charge in [0, 0.05) is 5.56 Å². The number of halogens is 1. The summed E-state index contributed by atoms with van der Waals surface area (Å²) in [5.74, 6) is -0.257. The van der Waals surface area contributed by atoms with Crippen LogP contribution < -0.4 is 5.32 Å². The molecule has 1 amide bonds. The van der Waals surface area contributed by atoms with E-state index in [-0.39, 0.29) is 22.7 Å². The van der Waals surface area contributed by atoms with Crippen LogP contribution in [0.5, 0.6) is 5.75 Å². The van der Waals surface area contributed by atoms with Crippen LogP contribution in [0.15, 0.2) is 48.5 Å². The minimum Gasteiger partial charge on any atom is -0.506 e. The van der Waals surface area contributed by atoms with Gasteiger partial charge < -0.3 is 10.4 Å². The molecule has 0 bridgehead atoms. The average Bonchev–Trinajstić information content (AvgIpc) is 2.42. The number of benzene rings is 2. The van der Waals surface area contributed by atoms with E-state index in [9.17, 15) is 9.90 Å². The van der Waals surface area contributed by atoms with Crippen LogP contribution >= 0.6 is 11.6 Å². The summed E-state index contributed by atoms with van der Waals surface area (Å²) in [4.78, 5) is 12.0. The molecule has 0 unspecified atom stereocenters. The summed E-state index contributed by atoms with van der Waals surface area (Å²) in [7, 11) is 0. The van der Waals surface area contributed by atoms with Crippen LogP contribution in [0.25, 0.3) is 0 Å². The SMILES string of the molecule is C[C@@H](NC(=O)c1ccc(O)c(Cl)c1)c1ccccc1. The quantitative estimate of drug-likeness (QED) is 0.900. The molecule has 4 heteroatoms. The summed E-state index contributed by atoms with van der Waals surface area (Å²) in [5, 5.41) is 12.4. The first kappa shape index (κ1) is 13.4. The molecule has 2 aromatic carbocycles. The van der Waals surface area contributed by atoms with Gasteiger partial charge in [0.25, 0.3) is 5.91 Å². The summed E-state index contributed by atoms with van der Waals surface area (Å²) in [6.07, 6.45) is 0. The summed E-state index contributed by atoms with van der Waals surface area (Å²) in [6.45, 7) is 1.91. The Bertz CT molecular complexity index is 584. The molecule has 0 spiro atoms. The Hall–Kier alpha value is -2.00. The molecule has 2 N–H and O–H groups in total. The van der Waals surface area contributed by atoms with Gasteiger partial charge in [-0.25, -0.2) is 0 Å². The Morgan fingerprint density at radius 3 is 2.53 bits per heavy atom. The van der Waals surface area contributed by atoms with E-state index in [4.69, 9.17) is 11.6 Å². The predicted molar refractivity (Wildman–Crippen MR) is 75.4 cm³/mol. The molecule has 1 atom stereocenters. The van der Waals surface area contributed by atoms with Crippen LogP contribution in [-0.2, 0) is 0 Å². The molecule has 0 aliphatic carbocycles. The molecule has 2 rings (SSSR count). The number of carbonyl (C=O) groups excluding carboxylic acids is 1. The predicted octanol–water partition coefficient (Wildman–Crippen LogP) is 3.54. The second-order valence-corrected chi connectivity index (χ2v) is 4.68. The highest BCUT2D eigenvalue weighted by Gasteiger charge is 2.12. The van der Waals surface area contributed by atoms with Crippen molar-refractivity contribution in [2.75, 3.05) is 0 Å². The lowest BCUT2D eigenvalue weighted by atomic mass is 10.1. The second kappa shape index (κ2) is 5.76. The van der Waals surface area contributed by atoms with E-state index in [1.807, 2.05) is 37.3 Å². The van der Waals surface area contributed by atoms with Crippen molar-refractivity contribution in [3.05, 3.63) is 64.7 Å². The van der Waals surface area contributed by atoms with Gasteiger partial charge in [-0.15, -0.1) is 0 Å². The van der Waals surface area contributed by atoms with Crippen LogP contribution in [0, 0.1) is 0 Å². The zero-order valence-corrected chi connectivity index (χ0v) is 11.2. The van der Waals surface area contributed by atoms with Gasteiger partial charge in [0.15, 0.2) is 0 Å². The summed E-state index contributed by atoms with van der Waals surface area (Å²) < 4.78 is 0. The van der Waals surface area contributed by atoms with E-state index in [2.05, 4.69) is 5.32 Å². The highest BCUT2D eigenvalue weighted by molar-refractivity contribution is 6.32.